The maximum Gasteiger partial charge on any atom is 0.185 e. The van der Waals surface area contributed by atoms with Crippen molar-refractivity contribution < 1.29 is 23.4 Å². The minimum atomic E-state index is -0.425. The third kappa shape index (κ3) is 5.23. The zero-order valence-electron chi connectivity index (χ0n) is 16.2. The molecular formula is C24H21FO4. The fourth-order valence-corrected chi connectivity index (χ4v) is 2.78. The van der Waals surface area contributed by atoms with Crippen molar-refractivity contribution in [3.8, 4) is 17.2 Å². The summed E-state index contributed by atoms with van der Waals surface area (Å²) >= 11 is 0. The van der Waals surface area contributed by atoms with Crippen LogP contribution in [0.15, 0.2) is 72.8 Å². The number of benzene rings is 3. The van der Waals surface area contributed by atoms with E-state index in [0.717, 1.165) is 11.1 Å². The van der Waals surface area contributed by atoms with Crippen molar-refractivity contribution in [1.82, 2.24) is 0 Å². The average Bonchev–Trinajstić information content (AvgIpc) is 2.77. The van der Waals surface area contributed by atoms with E-state index < -0.39 is 5.82 Å². The molecule has 0 aliphatic rings. The number of para-hydroxylation sites is 1. The van der Waals surface area contributed by atoms with Gasteiger partial charge in [-0.05, 0) is 48.0 Å². The number of hydrogen-bond donors (Lipinski definition) is 0. The Morgan fingerprint density at radius 3 is 2.52 bits per heavy atom. The molecule has 0 radical (unpaired) electrons. The van der Waals surface area contributed by atoms with Gasteiger partial charge in [-0.2, -0.15) is 0 Å². The van der Waals surface area contributed by atoms with Crippen molar-refractivity contribution in [2.24, 2.45) is 0 Å². The number of carbonyl (C=O) groups is 1. The van der Waals surface area contributed by atoms with Gasteiger partial charge in [0.2, 0.25) is 0 Å². The first-order chi connectivity index (χ1) is 14.1. The molecule has 0 unspecified atom stereocenters. The molecule has 0 saturated heterocycles. The van der Waals surface area contributed by atoms with E-state index >= 15 is 0 Å². The summed E-state index contributed by atoms with van der Waals surface area (Å²) < 4.78 is 29.9. The predicted octanol–water partition coefficient (Wildman–Crippen LogP) is 5.32. The molecule has 0 saturated carbocycles. The summed E-state index contributed by atoms with van der Waals surface area (Å²) in [5.74, 6) is 0.859. The van der Waals surface area contributed by atoms with Gasteiger partial charge in [0.05, 0.1) is 14.2 Å². The van der Waals surface area contributed by atoms with E-state index in [1.165, 1.54) is 12.1 Å². The second-order valence-corrected chi connectivity index (χ2v) is 6.22. The summed E-state index contributed by atoms with van der Waals surface area (Å²) in [6.07, 6.45) is 3.21. The van der Waals surface area contributed by atoms with Crippen molar-refractivity contribution >= 4 is 11.9 Å². The molecule has 5 heteroatoms. The van der Waals surface area contributed by atoms with Gasteiger partial charge in [0.15, 0.2) is 17.3 Å². The van der Waals surface area contributed by atoms with Crippen molar-refractivity contribution in [2.75, 3.05) is 14.2 Å². The van der Waals surface area contributed by atoms with Crippen LogP contribution >= 0.6 is 0 Å². The molecule has 4 nitrogen and oxygen atoms in total. The molecule has 0 fully saturated rings. The maximum absolute atomic E-state index is 13.8. The standard InChI is InChI=1S/C24H21FO4/c1-27-20-7-5-6-18(15-20)22(26)12-10-17-11-13-23(28-2)19(14-17)16-29-24-9-4-3-8-21(24)25/h3-15H,16H2,1-2H3/b12-10+. The molecule has 3 rings (SSSR count). The van der Waals surface area contributed by atoms with Gasteiger partial charge >= 0.3 is 0 Å². The summed E-state index contributed by atoms with van der Waals surface area (Å²) in [5, 5.41) is 0. The second kappa shape index (κ2) is 9.55. The maximum atomic E-state index is 13.8. The van der Waals surface area contributed by atoms with Crippen molar-refractivity contribution in [1.29, 1.82) is 0 Å². The number of rotatable bonds is 8. The Balaban J connectivity index is 1.76. The number of ether oxygens (including phenoxy) is 3. The number of hydrogen-bond acceptors (Lipinski definition) is 4. The molecule has 0 aromatic heterocycles. The molecule has 0 aliphatic carbocycles. The van der Waals surface area contributed by atoms with Crippen LogP contribution in [-0.2, 0) is 6.61 Å². The first kappa shape index (κ1) is 20.1. The lowest BCUT2D eigenvalue weighted by molar-refractivity contribution is 0.104. The van der Waals surface area contributed by atoms with Crippen LogP contribution in [0.25, 0.3) is 6.08 Å². The van der Waals surface area contributed by atoms with Crippen LogP contribution in [0.4, 0.5) is 4.39 Å². The van der Waals surface area contributed by atoms with E-state index in [9.17, 15) is 9.18 Å². The Morgan fingerprint density at radius 1 is 0.931 bits per heavy atom. The number of carbonyl (C=O) groups excluding carboxylic acids is 1. The molecule has 148 valence electrons. The monoisotopic (exact) mass is 392 g/mol. The summed E-state index contributed by atoms with van der Waals surface area (Å²) in [6.45, 7) is 0.135. The van der Waals surface area contributed by atoms with Crippen LogP contribution in [0, 0.1) is 5.82 Å². The van der Waals surface area contributed by atoms with Crippen LogP contribution in [0.5, 0.6) is 17.2 Å². The Morgan fingerprint density at radius 2 is 1.76 bits per heavy atom. The minimum Gasteiger partial charge on any atom is -0.497 e. The number of methoxy groups -OCH3 is 2. The molecule has 0 N–H and O–H groups in total. The highest BCUT2D eigenvalue weighted by atomic mass is 19.1. The Kier molecular flexibility index (Phi) is 6.63. The molecule has 29 heavy (non-hydrogen) atoms. The summed E-state index contributed by atoms with van der Waals surface area (Å²) in [6, 6.07) is 18.7. The van der Waals surface area contributed by atoms with Gasteiger partial charge in [-0.3, -0.25) is 4.79 Å². The predicted molar refractivity (Wildman–Crippen MR) is 110 cm³/mol. The molecule has 0 amide bonds. The molecular weight excluding hydrogens is 371 g/mol. The normalized spacial score (nSPS) is 10.7. The van der Waals surface area contributed by atoms with Crippen LogP contribution in [0.3, 0.4) is 0 Å². The van der Waals surface area contributed by atoms with E-state index in [2.05, 4.69) is 0 Å². The SMILES string of the molecule is COc1cccc(C(=O)/C=C/c2ccc(OC)c(COc3ccccc3F)c2)c1. The second-order valence-electron chi connectivity index (χ2n) is 6.22. The Labute approximate surface area is 169 Å². The number of ketones is 1. The molecule has 3 aromatic carbocycles. The smallest absolute Gasteiger partial charge is 0.185 e. The molecule has 0 bridgehead atoms. The highest BCUT2D eigenvalue weighted by Gasteiger charge is 2.08. The Hall–Kier alpha value is -3.60. The summed E-state index contributed by atoms with van der Waals surface area (Å²) in [4.78, 5) is 12.4. The van der Waals surface area contributed by atoms with Crippen LogP contribution < -0.4 is 14.2 Å². The first-order valence-electron chi connectivity index (χ1n) is 9.01. The van der Waals surface area contributed by atoms with Gasteiger partial charge in [-0.15, -0.1) is 0 Å². The Bertz CT molecular complexity index is 1030. The van der Waals surface area contributed by atoms with Crippen LogP contribution in [0.2, 0.25) is 0 Å². The fraction of sp³-hybridized carbons (Fsp3) is 0.125. The van der Waals surface area contributed by atoms with Gasteiger partial charge < -0.3 is 14.2 Å². The lowest BCUT2D eigenvalue weighted by Crippen LogP contribution is -2.00. The third-order valence-electron chi connectivity index (χ3n) is 4.31. The number of halogens is 1. The molecule has 0 heterocycles. The van der Waals surface area contributed by atoms with Crippen molar-refractivity contribution in [3.63, 3.8) is 0 Å². The van der Waals surface area contributed by atoms with E-state index in [1.807, 2.05) is 12.1 Å². The lowest BCUT2D eigenvalue weighted by Gasteiger charge is -2.11. The van der Waals surface area contributed by atoms with Gasteiger partial charge in [0.1, 0.15) is 18.1 Å². The topological polar surface area (TPSA) is 44.8 Å². The first-order valence-corrected chi connectivity index (χ1v) is 9.01. The van der Waals surface area contributed by atoms with E-state index in [-0.39, 0.29) is 18.1 Å². The van der Waals surface area contributed by atoms with E-state index in [4.69, 9.17) is 14.2 Å². The van der Waals surface area contributed by atoms with Crippen LogP contribution in [-0.4, -0.2) is 20.0 Å². The summed E-state index contributed by atoms with van der Waals surface area (Å²) in [5.41, 5.74) is 2.08. The highest BCUT2D eigenvalue weighted by molar-refractivity contribution is 6.07. The van der Waals surface area contributed by atoms with E-state index in [0.29, 0.717) is 17.1 Å². The van der Waals surface area contributed by atoms with Crippen LogP contribution in [0.1, 0.15) is 21.5 Å². The van der Waals surface area contributed by atoms with Gasteiger partial charge in [-0.25, -0.2) is 4.39 Å². The lowest BCUT2D eigenvalue weighted by atomic mass is 10.1. The summed E-state index contributed by atoms with van der Waals surface area (Å²) in [7, 11) is 3.12. The number of allylic oxidation sites excluding steroid dienone is 1. The zero-order valence-corrected chi connectivity index (χ0v) is 16.2. The molecule has 0 atom stereocenters. The van der Waals surface area contributed by atoms with Crippen molar-refractivity contribution in [3.05, 3.63) is 95.3 Å². The largest absolute Gasteiger partial charge is 0.497 e. The average molecular weight is 392 g/mol. The molecule has 0 spiro atoms. The zero-order chi connectivity index (χ0) is 20.6. The highest BCUT2D eigenvalue weighted by Crippen LogP contribution is 2.24. The van der Waals surface area contributed by atoms with Gasteiger partial charge in [-0.1, -0.05) is 36.4 Å². The molecule has 0 aliphatic heterocycles. The fourth-order valence-electron chi connectivity index (χ4n) is 2.78. The molecule has 3 aromatic rings. The van der Waals surface area contributed by atoms with Gasteiger partial charge in [0.25, 0.3) is 0 Å². The van der Waals surface area contributed by atoms with Crippen molar-refractivity contribution in [2.45, 2.75) is 6.61 Å². The third-order valence-corrected chi connectivity index (χ3v) is 4.31. The minimum absolute atomic E-state index is 0.135. The van der Waals surface area contributed by atoms with E-state index in [1.54, 1.807) is 68.8 Å². The quantitative estimate of drug-likeness (QED) is 0.385. The van der Waals surface area contributed by atoms with Gasteiger partial charge in [0, 0.05) is 11.1 Å².